The van der Waals surface area contributed by atoms with Crippen LogP contribution in [0, 0.1) is 0 Å². The van der Waals surface area contributed by atoms with Crippen LogP contribution in [0.4, 0.5) is 18.9 Å². The molecular weight excluding hydrogens is 337 g/mol. The van der Waals surface area contributed by atoms with Gasteiger partial charge in [0, 0.05) is 10.7 Å². The molecule has 0 bridgehead atoms. The van der Waals surface area contributed by atoms with Gasteiger partial charge in [-0.1, -0.05) is 12.1 Å². The first-order valence-corrected chi connectivity index (χ1v) is 6.26. The molecule has 0 aliphatic heterocycles. The molecule has 20 heavy (non-hydrogen) atoms. The third-order valence-corrected chi connectivity index (χ3v) is 3.14. The number of benzene rings is 1. The molecule has 0 radical (unpaired) electrons. The van der Waals surface area contributed by atoms with Crippen LogP contribution < -0.4 is 5.32 Å². The average Bonchev–Trinajstić information content (AvgIpc) is 2.40. The van der Waals surface area contributed by atoms with Crippen LogP contribution in [0.2, 0.25) is 0 Å². The van der Waals surface area contributed by atoms with Gasteiger partial charge in [0.05, 0.1) is 11.3 Å². The number of rotatable bonds is 2. The average molecular weight is 345 g/mol. The normalized spacial score (nSPS) is 11.2. The van der Waals surface area contributed by atoms with Crippen LogP contribution in [0.25, 0.3) is 0 Å². The topological polar surface area (TPSA) is 42.0 Å². The molecule has 0 spiro atoms. The Balaban J connectivity index is 2.16. The summed E-state index contributed by atoms with van der Waals surface area (Å²) >= 11 is 3.25. The largest absolute Gasteiger partial charge is 0.417 e. The van der Waals surface area contributed by atoms with E-state index in [4.69, 9.17) is 0 Å². The molecule has 3 nitrogen and oxygen atoms in total. The summed E-state index contributed by atoms with van der Waals surface area (Å²) in [4.78, 5) is 15.4. The van der Waals surface area contributed by atoms with Gasteiger partial charge < -0.3 is 5.32 Å². The van der Waals surface area contributed by atoms with Crippen LogP contribution in [-0.4, -0.2) is 10.9 Å². The monoisotopic (exact) mass is 344 g/mol. The third kappa shape index (κ3) is 3.36. The van der Waals surface area contributed by atoms with E-state index in [-0.39, 0.29) is 5.69 Å². The summed E-state index contributed by atoms with van der Waals surface area (Å²) in [5.74, 6) is -0.578. The first kappa shape index (κ1) is 14.5. The Morgan fingerprint density at radius 3 is 2.40 bits per heavy atom. The zero-order valence-electron chi connectivity index (χ0n) is 9.91. The zero-order chi connectivity index (χ0) is 14.8. The van der Waals surface area contributed by atoms with Crippen molar-refractivity contribution in [2.75, 3.05) is 5.32 Å². The number of carbonyl (C=O) groups excluding carboxylic acids is 1. The SMILES string of the molecule is O=C(Nc1ccccc1Br)c1ccc(C(F)(F)F)cn1. The smallest absolute Gasteiger partial charge is 0.320 e. The van der Waals surface area contributed by atoms with Gasteiger partial charge >= 0.3 is 6.18 Å². The molecule has 1 heterocycles. The highest BCUT2D eigenvalue weighted by Crippen LogP contribution is 2.28. The number of aromatic nitrogens is 1. The van der Waals surface area contributed by atoms with Crippen molar-refractivity contribution in [1.82, 2.24) is 4.98 Å². The molecule has 0 atom stereocenters. The lowest BCUT2D eigenvalue weighted by Gasteiger charge is -2.08. The highest BCUT2D eigenvalue weighted by molar-refractivity contribution is 9.10. The van der Waals surface area contributed by atoms with Crippen molar-refractivity contribution in [3.63, 3.8) is 0 Å². The number of pyridine rings is 1. The van der Waals surface area contributed by atoms with E-state index in [1.54, 1.807) is 24.3 Å². The van der Waals surface area contributed by atoms with E-state index in [1.165, 1.54) is 0 Å². The van der Waals surface area contributed by atoms with Crippen molar-refractivity contribution in [3.05, 3.63) is 58.3 Å². The number of nitrogens with one attached hydrogen (secondary N) is 1. The van der Waals surface area contributed by atoms with Gasteiger partial charge in [-0.3, -0.25) is 9.78 Å². The predicted octanol–water partition coefficient (Wildman–Crippen LogP) is 4.12. The van der Waals surface area contributed by atoms with Gasteiger partial charge in [-0.05, 0) is 40.2 Å². The molecule has 0 saturated carbocycles. The lowest BCUT2D eigenvalue weighted by atomic mass is 10.2. The van der Waals surface area contributed by atoms with Gasteiger partial charge in [0.1, 0.15) is 5.69 Å². The Morgan fingerprint density at radius 2 is 1.85 bits per heavy atom. The summed E-state index contributed by atoms with van der Waals surface area (Å²) < 4.78 is 37.8. The minimum atomic E-state index is -4.47. The Kier molecular flexibility index (Phi) is 4.08. The van der Waals surface area contributed by atoms with Crippen LogP contribution in [0.5, 0.6) is 0 Å². The predicted molar refractivity (Wildman–Crippen MR) is 71.3 cm³/mol. The van der Waals surface area contributed by atoms with Crippen LogP contribution in [0.3, 0.4) is 0 Å². The van der Waals surface area contributed by atoms with E-state index >= 15 is 0 Å². The number of carbonyl (C=O) groups is 1. The number of anilines is 1. The van der Waals surface area contributed by atoms with Crippen LogP contribution in [-0.2, 0) is 6.18 Å². The van der Waals surface area contributed by atoms with Gasteiger partial charge in [-0.25, -0.2) is 0 Å². The highest BCUT2D eigenvalue weighted by Gasteiger charge is 2.30. The van der Waals surface area contributed by atoms with E-state index in [2.05, 4.69) is 26.2 Å². The molecule has 7 heteroatoms. The van der Waals surface area contributed by atoms with Gasteiger partial charge in [-0.2, -0.15) is 13.2 Å². The Labute approximate surface area is 121 Å². The van der Waals surface area contributed by atoms with E-state index in [1.807, 2.05) is 0 Å². The van der Waals surface area contributed by atoms with E-state index in [9.17, 15) is 18.0 Å². The number of alkyl halides is 3. The van der Waals surface area contributed by atoms with Crippen molar-refractivity contribution in [2.45, 2.75) is 6.18 Å². The standard InChI is InChI=1S/C13H8BrF3N2O/c14-9-3-1-2-4-10(9)19-12(20)11-6-5-8(7-18-11)13(15,16)17/h1-7H,(H,19,20). The van der Waals surface area contributed by atoms with Gasteiger partial charge in [0.15, 0.2) is 0 Å². The summed E-state index contributed by atoms with van der Waals surface area (Å²) in [6, 6.07) is 8.75. The maximum atomic E-state index is 12.4. The highest BCUT2D eigenvalue weighted by atomic mass is 79.9. The third-order valence-electron chi connectivity index (χ3n) is 2.45. The maximum absolute atomic E-state index is 12.4. The van der Waals surface area contributed by atoms with Gasteiger partial charge in [0.25, 0.3) is 5.91 Å². The fourth-order valence-electron chi connectivity index (χ4n) is 1.44. The summed E-state index contributed by atoms with van der Waals surface area (Å²) in [6.45, 7) is 0. The second kappa shape index (κ2) is 5.62. The summed E-state index contributed by atoms with van der Waals surface area (Å²) in [6.07, 6.45) is -3.83. The van der Waals surface area contributed by atoms with Gasteiger partial charge in [0.2, 0.25) is 0 Å². The number of amides is 1. The summed E-state index contributed by atoms with van der Waals surface area (Å²) in [7, 11) is 0. The number of hydrogen-bond acceptors (Lipinski definition) is 2. The molecule has 0 fully saturated rings. The Bertz CT molecular complexity index is 626. The molecule has 1 aromatic heterocycles. The number of halogens is 4. The Hall–Kier alpha value is -1.89. The maximum Gasteiger partial charge on any atom is 0.417 e. The molecule has 0 aliphatic carbocycles. The molecule has 0 saturated heterocycles. The van der Waals surface area contributed by atoms with Crippen LogP contribution >= 0.6 is 15.9 Å². The van der Waals surface area contributed by atoms with Crippen molar-refractivity contribution in [1.29, 1.82) is 0 Å². The number of hydrogen-bond donors (Lipinski definition) is 1. The molecule has 1 amide bonds. The van der Waals surface area contributed by atoms with Crippen molar-refractivity contribution in [2.24, 2.45) is 0 Å². The van der Waals surface area contributed by atoms with E-state index in [0.29, 0.717) is 16.4 Å². The van der Waals surface area contributed by atoms with Crippen molar-refractivity contribution >= 4 is 27.5 Å². The molecule has 2 rings (SSSR count). The number of para-hydroxylation sites is 1. The molecule has 1 N–H and O–H groups in total. The molecule has 0 aliphatic rings. The van der Waals surface area contributed by atoms with Gasteiger partial charge in [-0.15, -0.1) is 0 Å². The second-order valence-corrected chi connectivity index (χ2v) is 4.72. The molecular formula is C13H8BrF3N2O. The van der Waals surface area contributed by atoms with Crippen LogP contribution in [0.1, 0.15) is 16.1 Å². The summed E-state index contributed by atoms with van der Waals surface area (Å²) in [5, 5.41) is 2.56. The molecule has 0 unspecified atom stereocenters. The fourth-order valence-corrected chi connectivity index (χ4v) is 1.83. The number of nitrogens with zero attached hydrogens (tertiary/aromatic N) is 1. The minimum absolute atomic E-state index is 0.0891. The van der Waals surface area contributed by atoms with Crippen molar-refractivity contribution in [3.8, 4) is 0 Å². The molecule has 1 aromatic carbocycles. The van der Waals surface area contributed by atoms with E-state index < -0.39 is 17.6 Å². The van der Waals surface area contributed by atoms with E-state index in [0.717, 1.165) is 12.1 Å². The first-order chi connectivity index (χ1) is 9.38. The lowest BCUT2D eigenvalue weighted by Crippen LogP contribution is -2.15. The first-order valence-electron chi connectivity index (χ1n) is 5.47. The fraction of sp³-hybridized carbons (Fsp3) is 0.0769. The lowest BCUT2D eigenvalue weighted by molar-refractivity contribution is -0.137. The molecule has 104 valence electrons. The summed E-state index contributed by atoms with van der Waals surface area (Å²) in [5.41, 5.74) is -0.470. The van der Waals surface area contributed by atoms with Crippen LogP contribution in [0.15, 0.2) is 47.1 Å². The Morgan fingerprint density at radius 1 is 1.15 bits per heavy atom. The zero-order valence-corrected chi connectivity index (χ0v) is 11.5. The second-order valence-electron chi connectivity index (χ2n) is 3.86. The quantitative estimate of drug-likeness (QED) is 0.890. The molecule has 2 aromatic rings. The minimum Gasteiger partial charge on any atom is -0.320 e. The van der Waals surface area contributed by atoms with Crippen molar-refractivity contribution < 1.29 is 18.0 Å².